The highest BCUT2D eigenvalue weighted by Crippen LogP contribution is 2.35. The molecule has 6 nitrogen and oxygen atoms in total. The molecule has 0 aliphatic carbocycles. The van der Waals surface area contributed by atoms with Crippen molar-refractivity contribution in [3.8, 4) is 11.5 Å². The average Bonchev–Trinajstić information content (AvgIpc) is 3.04. The molecule has 2 aliphatic heterocycles. The summed E-state index contributed by atoms with van der Waals surface area (Å²) in [6, 6.07) is 9.20. The Morgan fingerprint density at radius 1 is 1.04 bits per heavy atom. The van der Waals surface area contributed by atoms with Gasteiger partial charge in [-0.3, -0.25) is 0 Å². The summed E-state index contributed by atoms with van der Waals surface area (Å²) in [5, 5.41) is 0.729. The van der Waals surface area contributed by atoms with Gasteiger partial charge in [-0.05, 0) is 35.9 Å². The van der Waals surface area contributed by atoms with Gasteiger partial charge < -0.3 is 14.5 Å². The monoisotopic (exact) mass is 388 g/mol. The maximum Gasteiger partial charge on any atom is 0.243 e. The molecule has 0 atom stereocenters. The van der Waals surface area contributed by atoms with Gasteiger partial charge in [-0.1, -0.05) is 0 Å². The van der Waals surface area contributed by atoms with E-state index in [-0.39, 0.29) is 17.3 Å². The second-order valence-electron chi connectivity index (χ2n) is 6.67. The maximum atomic E-state index is 13.7. The fourth-order valence-corrected chi connectivity index (χ4v) is 5.12. The second-order valence-corrected chi connectivity index (χ2v) is 8.60. The van der Waals surface area contributed by atoms with Gasteiger partial charge in [-0.2, -0.15) is 4.31 Å². The normalized spacial score (nSPS) is 17.1. The summed E-state index contributed by atoms with van der Waals surface area (Å²) >= 11 is 0. The first-order valence-electron chi connectivity index (χ1n) is 8.71. The lowest BCUT2D eigenvalue weighted by atomic mass is 10.1. The van der Waals surface area contributed by atoms with Crippen LogP contribution in [-0.4, -0.2) is 37.5 Å². The van der Waals surface area contributed by atoms with Crippen molar-refractivity contribution in [2.45, 2.75) is 17.9 Å². The summed E-state index contributed by atoms with van der Waals surface area (Å²) in [5.74, 6) is 0.651. The molecular weight excluding hydrogens is 371 g/mol. The molecule has 27 heavy (non-hydrogen) atoms. The summed E-state index contributed by atoms with van der Waals surface area (Å²) in [4.78, 5) is 3.44. The molecule has 0 saturated heterocycles. The van der Waals surface area contributed by atoms with Crippen molar-refractivity contribution in [1.82, 2.24) is 9.29 Å². The molecule has 2 aliphatic rings. The van der Waals surface area contributed by atoms with Crippen molar-refractivity contribution in [2.75, 3.05) is 19.8 Å². The van der Waals surface area contributed by atoms with Crippen LogP contribution in [0.15, 0.2) is 41.3 Å². The molecule has 140 valence electrons. The average molecular weight is 388 g/mol. The van der Waals surface area contributed by atoms with Crippen LogP contribution < -0.4 is 9.47 Å². The number of rotatable bonds is 2. The Morgan fingerprint density at radius 2 is 1.85 bits per heavy atom. The van der Waals surface area contributed by atoms with Gasteiger partial charge in [0, 0.05) is 42.2 Å². The number of fused-ring (bicyclic) bond motifs is 4. The summed E-state index contributed by atoms with van der Waals surface area (Å²) in [6.45, 7) is 1.41. The second kappa shape index (κ2) is 5.97. The van der Waals surface area contributed by atoms with Crippen molar-refractivity contribution >= 4 is 20.9 Å². The van der Waals surface area contributed by atoms with Gasteiger partial charge in [-0.15, -0.1) is 0 Å². The predicted molar refractivity (Wildman–Crippen MR) is 97.0 cm³/mol. The van der Waals surface area contributed by atoms with E-state index in [2.05, 4.69) is 4.98 Å². The van der Waals surface area contributed by atoms with Crippen LogP contribution in [0.4, 0.5) is 4.39 Å². The van der Waals surface area contributed by atoms with E-state index in [9.17, 15) is 12.8 Å². The first kappa shape index (κ1) is 16.6. The van der Waals surface area contributed by atoms with E-state index < -0.39 is 10.0 Å². The molecule has 0 unspecified atom stereocenters. The zero-order chi connectivity index (χ0) is 18.6. The molecular formula is C19H17FN2O4S. The van der Waals surface area contributed by atoms with Crippen LogP contribution >= 0.6 is 0 Å². The van der Waals surface area contributed by atoms with Gasteiger partial charge >= 0.3 is 0 Å². The molecule has 0 radical (unpaired) electrons. The minimum absolute atomic E-state index is 0.168. The smallest absolute Gasteiger partial charge is 0.243 e. The van der Waals surface area contributed by atoms with Gasteiger partial charge in [0.15, 0.2) is 11.5 Å². The predicted octanol–water partition coefficient (Wildman–Crippen LogP) is 2.83. The highest BCUT2D eigenvalue weighted by atomic mass is 32.2. The van der Waals surface area contributed by atoms with Crippen LogP contribution in [0.1, 0.15) is 11.3 Å². The lowest BCUT2D eigenvalue weighted by molar-refractivity contribution is 0.171. The molecule has 5 rings (SSSR count). The summed E-state index contributed by atoms with van der Waals surface area (Å²) < 4.78 is 52.4. The van der Waals surface area contributed by atoms with Crippen LogP contribution in [0.25, 0.3) is 10.9 Å². The number of aromatic amines is 1. The summed E-state index contributed by atoms with van der Waals surface area (Å²) in [5.41, 5.74) is 2.61. The lowest BCUT2D eigenvalue weighted by Gasteiger charge is -2.27. The topological polar surface area (TPSA) is 71.6 Å². The number of halogens is 1. The maximum absolute atomic E-state index is 13.7. The van der Waals surface area contributed by atoms with Crippen molar-refractivity contribution in [1.29, 1.82) is 0 Å². The van der Waals surface area contributed by atoms with E-state index in [4.69, 9.17) is 9.47 Å². The molecule has 1 N–H and O–H groups in total. The SMILES string of the molecule is O=S(=O)(c1ccc2c(c1)OCCO2)N1CCc2[nH]c3ccc(F)cc3c2C1. The van der Waals surface area contributed by atoms with Crippen molar-refractivity contribution < 1.29 is 22.3 Å². The molecule has 0 amide bonds. The highest BCUT2D eigenvalue weighted by Gasteiger charge is 2.31. The quantitative estimate of drug-likeness (QED) is 0.733. The number of hydrogen-bond donors (Lipinski definition) is 1. The Balaban J connectivity index is 1.52. The minimum atomic E-state index is -3.70. The third-order valence-corrected chi connectivity index (χ3v) is 6.89. The zero-order valence-electron chi connectivity index (χ0n) is 14.4. The van der Waals surface area contributed by atoms with E-state index >= 15 is 0 Å². The molecule has 2 aromatic carbocycles. The zero-order valence-corrected chi connectivity index (χ0v) is 15.2. The van der Waals surface area contributed by atoms with Gasteiger partial charge in [0.1, 0.15) is 19.0 Å². The van der Waals surface area contributed by atoms with Crippen molar-refractivity contribution in [2.24, 2.45) is 0 Å². The number of H-pyrrole nitrogens is 1. The number of nitrogens with zero attached hydrogens (tertiary/aromatic N) is 1. The summed E-state index contributed by atoms with van der Waals surface area (Å²) in [6.07, 6.45) is 0.551. The molecule has 0 fully saturated rings. The van der Waals surface area contributed by atoms with Gasteiger partial charge in [0.25, 0.3) is 0 Å². The molecule has 0 bridgehead atoms. The highest BCUT2D eigenvalue weighted by molar-refractivity contribution is 7.89. The van der Waals surface area contributed by atoms with E-state index in [1.54, 1.807) is 12.1 Å². The van der Waals surface area contributed by atoms with Crippen LogP contribution in [0.2, 0.25) is 0 Å². The van der Waals surface area contributed by atoms with Gasteiger partial charge in [0.2, 0.25) is 10.0 Å². The fourth-order valence-electron chi connectivity index (χ4n) is 3.70. The third kappa shape index (κ3) is 2.67. The number of aromatic nitrogens is 1. The van der Waals surface area contributed by atoms with Crippen LogP contribution in [0.5, 0.6) is 11.5 Å². The Hall–Kier alpha value is -2.58. The molecule has 3 aromatic rings. The van der Waals surface area contributed by atoms with E-state index in [1.165, 1.54) is 28.6 Å². The number of nitrogens with one attached hydrogen (secondary N) is 1. The van der Waals surface area contributed by atoms with Crippen molar-refractivity contribution in [3.05, 3.63) is 53.5 Å². The molecule has 1 aromatic heterocycles. The minimum Gasteiger partial charge on any atom is -0.486 e. The standard InChI is InChI=1S/C19H17FN2O4S/c20-12-1-3-16-14(9-12)15-11-22(6-5-17(15)21-16)27(23,24)13-2-4-18-19(10-13)26-8-7-25-18/h1-4,9-10,21H,5-8,11H2. The molecule has 3 heterocycles. The Kier molecular flexibility index (Phi) is 3.66. The Labute approximate surface area is 155 Å². The van der Waals surface area contributed by atoms with Crippen LogP contribution in [-0.2, 0) is 23.0 Å². The van der Waals surface area contributed by atoms with E-state index in [0.717, 1.165) is 22.2 Å². The molecule has 0 spiro atoms. The number of sulfonamides is 1. The van der Waals surface area contributed by atoms with Crippen LogP contribution in [0.3, 0.4) is 0 Å². The van der Waals surface area contributed by atoms with Gasteiger partial charge in [0.05, 0.1) is 4.90 Å². The van der Waals surface area contributed by atoms with Gasteiger partial charge in [-0.25, -0.2) is 12.8 Å². The largest absolute Gasteiger partial charge is 0.486 e. The lowest BCUT2D eigenvalue weighted by Crippen LogP contribution is -2.35. The van der Waals surface area contributed by atoms with E-state index in [1.807, 2.05) is 0 Å². The third-order valence-electron chi connectivity index (χ3n) is 5.05. The summed E-state index contributed by atoms with van der Waals surface area (Å²) in [7, 11) is -3.70. The molecule has 0 saturated carbocycles. The number of ether oxygens (including phenoxy) is 2. The Bertz CT molecular complexity index is 1160. The fraction of sp³-hybridized carbons (Fsp3) is 0.263. The van der Waals surface area contributed by atoms with E-state index in [0.29, 0.717) is 37.7 Å². The van der Waals surface area contributed by atoms with Crippen molar-refractivity contribution in [3.63, 3.8) is 0 Å². The Morgan fingerprint density at radius 3 is 2.70 bits per heavy atom. The first-order chi connectivity index (χ1) is 13.0. The number of hydrogen-bond acceptors (Lipinski definition) is 4. The number of benzene rings is 2. The molecule has 8 heteroatoms. The van der Waals surface area contributed by atoms with Crippen LogP contribution in [0, 0.1) is 5.82 Å². The first-order valence-corrected chi connectivity index (χ1v) is 10.2.